The molecule has 1 aliphatic rings. The highest BCUT2D eigenvalue weighted by Crippen LogP contribution is 2.32. The summed E-state index contributed by atoms with van der Waals surface area (Å²) in [6.07, 6.45) is 6.09. The van der Waals surface area contributed by atoms with E-state index in [0.29, 0.717) is 62.9 Å². The molecule has 46 heavy (non-hydrogen) atoms. The Morgan fingerprint density at radius 1 is 1.07 bits per heavy atom. The molecule has 0 aliphatic heterocycles. The quantitative estimate of drug-likeness (QED) is 0.238. The average molecular weight is 669 g/mol. The third kappa shape index (κ3) is 7.31. The molecule has 11 nitrogen and oxygen atoms in total. The van der Waals surface area contributed by atoms with Crippen molar-refractivity contribution in [1.82, 2.24) is 39.9 Å². The second-order valence-electron chi connectivity index (χ2n) is 13.5. The predicted octanol–water partition coefficient (Wildman–Crippen LogP) is 5.60. The Kier molecular flexibility index (Phi) is 9.93. The van der Waals surface area contributed by atoms with Crippen LogP contribution < -0.4 is 15.5 Å². The second kappa shape index (κ2) is 13.6. The third-order valence-corrected chi connectivity index (χ3v) is 9.60. The summed E-state index contributed by atoms with van der Waals surface area (Å²) in [5, 5.41) is 15.4. The van der Waals surface area contributed by atoms with Crippen LogP contribution >= 0.6 is 23.2 Å². The van der Waals surface area contributed by atoms with Gasteiger partial charge in [-0.1, -0.05) is 57.0 Å². The van der Waals surface area contributed by atoms with E-state index < -0.39 is 5.41 Å². The third-order valence-electron chi connectivity index (χ3n) is 8.78. The lowest BCUT2D eigenvalue weighted by Crippen LogP contribution is -2.38. The van der Waals surface area contributed by atoms with Gasteiger partial charge < -0.3 is 24.7 Å². The first-order valence-corrected chi connectivity index (χ1v) is 16.4. The normalized spacial score (nSPS) is 16.9. The number of carbonyl (C=O) groups excluding carboxylic acids is 2. The average Bonchev–Trinajstić information content (AvgIpc) is 3.55. The van der Waals surface area contributed by atoms with Crippen LogP contribution in [-0.4, -0.2) is 54.2 Å². The topological polar surface area (TPSA) is 123 Å². The molecule has 2 N–H and O–H groups in total. The summed E-state index contributed by atoms with van der Waals surface area (Å²) in [5.41, 5.74) is 2.62. The molecule has 13 heteroatoms. The van der Waals surface area contributed by atoms with Crippen LogP contribution in [0.5, 0.6) is 0 Å². The van der Waals surface area contributed by atoms with Crippen molar-refractivity contribution in [3.8, 4) is 0 Å². The molecule has 0 atom stereocenters. The number of pyridine rings is 1. The van der Waals surface area contributed by atoms with Crippen molar-refractivity contribution >= 4 is 52.0 Å². The van der Waals surface area contributed by atoms with Crippen molar-refractivity contribution in [2.75, 3.05) is 11.9 Å². The number of aromatic nitrogens is 6. The van der Waals surface area contributed by atoms with Crippen LogP contribution in [0.2, 0.25) is 10.0 Å². The van der Waals surface area contributed by atoms with Crippen molar-refractivity contribution in [1.29, 1.82) is 0 Å². The fourth-order valence-corrected chi connectivity index (χ4v) is 6.28. The van der Waals surface area contributed by atoms with Gasteiger partial charge in [-0.05, 0) is 54.9 Å². The lowest BCUT2D eigenvalue weighted by Gasteiger charge is -2.27. The lowest BCUT2D eigenvalue weighted by atomic mass is 9.87. The Morgan fingerprint density at radius 3 is 2.43 bits per heavy atom. The number of hydrogen-bond donors (Lipinski definition) is 2. The van der Waals surface area contributed by atoms with Crippen LogP contribution in [-0.2, 0) is 38.4 Å². The molecule has 1 aromatic carbocycles. The summed E-state index contributed by atoms with van der Waals surface area (Å²) in [4.78, 5) is 38.1. The number of amides is 2. The van der Waals surface area contributed by atoms with Crippen molar-refractivity contribution in [3.63, 3.8) is 0 Å². The minimum absolute atomic E-state index is 0.0701. The van der Waals surface area contributed by atoms with Crippen LogP contribution in [0, 0.1) is 11.3 Å². The van der Waals surface area contributed by atoms with E-state index in [1.807, 2.05) is 68.1 Å². The molecule has 0 spiro atoms. The Balaban J connectivity index is 1.48. The van der Waals surface area contributed by atoms with Crippen LogP contribution in [0.1, 0.15) is 86.5 Å². The Labute approximate surface area is 280 Å². The fraction of sp³-hybridized carbons (Fsp3) is 0.515. The first-order chi connectivity index (χ1) is 21.7. The molecule has 3 heterocycles. The summed E-state index contributed by atoms with van der Waals surface area (Å²) in [6.45, 7) is 8.54. The zero-order valence-corrected chi connectivity index (χ0v) is 29.1. The first kappa shape index (κ1) is 33.7. The highest BCUT2D eigenvalue weighted by molar-refractivity contribution is 6.36. The number of anilines is 1. The van der Waals surface area contributed by atoms with E-state index >= 15 is 0 Å². The number of imidazole rings is 1. The minimum atomic E-state index is -0.520. The first-order valence-electron chi connectivity index (χ1n) is 15.7. The summed E-state index contributed by atoms with van der Waals surface area (Å²) in [6, 6.07) is 5.55. The van der Waals surface area contributed by atoms with E-state index in [9.17, 15) is 9.59 Å². The molecule has 5 rings (SSSR count). The lowest BCUT2D eigenvalue weighted by molar-refractivity contribution is -0.128. The molecule has 0 unspecified atom stereocenters. The number of fused-ring (bicyclic) bond motifs is 1. The number of nitrogens with zero attached hydrogens (tertiary/aromatic N) is 7. The Hall–Kier alpha value is -3.70. The number of nitrogens with one attached hydrogen (secondary N) is 2. The van der Waals surface area contributed by atoms with Gasteiger partial charge in [0.2, 0.25) is 5.91 Å². The van der Waals surface area contributed by atoms with Gasteiger partial charge >= 0.3 is 0 Å². The molecule has 3 aromatic heterocycles. The van der Waals surface area contributed by atoms with Gasteiger partial charge in [0.25, 0.3) is 5.91 Å². The van der Waals surface area contributed by atoms with Crippen molar-refractivity contribution in [3.05, 3.63) is 62.9 Å². The zero-order chi connectivity index (χ0) is 33.3. The molecule has 0 bridgehead atoms. The van der Waals surface area contributed by atoms with Gasteiger partial charge in [0.05, 0.1) is 17.1 Å². The molecule has 4 aromatic rings. The van der Waals surface area contributed by atoms with E-state index in [0.717, 1.165) is 37.1 Å². The maximum Gasteiger partial charge on any atom is 0.255 e. The van der Waals surface area contributed by atoms with Gasteiger partial charge in [-0.3, -0.25) is 9.59 Å². The van der Waals surface area contributed by atoms with Gasteiger partial charge in [0.1, 0.15) is 23.5 Å². The fourth-order valence-electron chi connectivity index (χ4n) is 5.71. The van der Waals surface area contributed by atoms with Crippen molar-refractivity contribution < 1.29 is 9.59 Å². The molecule has 1 fully saturated rings. The Bertz CT molecular complexity index is 1750. The number of rotatable bonds is 9. The SMILES string of the molecule is CC1CCC(NC(=O)c2cc3nc(Cc4c(Cl)ccc(CNC(=O)C(C)(C)C)c4Cl)n(C)c3nc2N(C)Cc2nncn2C)CC1. The molecule has 1 aliphatic carbocycles. The van der Waals surface area contributed by atoms with Gasteiger partial charge in [-0.25, -0.2) is 9.97 Å². The maximum atomic E-state index is 13.8. The number of benzene rings is 1. The van der Waals surface area contributed by atoms with Crippen LogP contribution in [0.4, 0.5) is 5.82 Å². The van der Waals surface area contributed by atoms with E-state index in [4.69, 9.17) is 33.2 Å². The highest BCUT2D eigenvalue weighted by Gasteiger charge is 2.26. The number of carbonyl (C=O) groups is 2. The zero-order valence-electron chi connectivity index (χ0n) is 27.6. The van der Waals surface area contributed by atoms with Crippen LogP contribution in [0.25, 0.3) is 11.2 Å². The van der Waals surface area contributed by atoms with Gasteiger partial charge in [-0.15, -0.1) is 10.2 Å². The summed E-state index contributed by atoms with van der Waals surface area (Å²) in [5.74, 6) is 2.39. The highest BCUT2D eigenvalue weighted by atomic mass is 35.5. The monoisotopic (exact) mass is 667 g/mol. The molecule has 246 valence electrons. The standard InChI is InChI=1S/C33H43Cl2N9O2/c1-19-8-11-21(12-9-19)38-31(45)23-14-25-30(40-29(23)42(5)17-27-41-37-18-43(27)6)44(7)26(39-25)15-22-24(34)13-10-20(28(22)35)16-36-32(46)33(2,3)4/h10,13-14,18-19,21H,8-9,11-12,15-17H2,1-7H3,(H,36,46)(H,38,45). The van der Waals surface area contributed by atoms with Gasteiger partial charge in [0.15, 0.2) is 11.5 Å². The van der Waals surface area contributed by atoms with E-state index in [1.165, 1.54) is 0 Å². The van der Waals surface area contributed by atoms with Crippen LogP contribution in [0.3, 0.4) is 0 Å². The van der Waals surface area contributed by atoms with E-state index in [1.54, 1.807) is 12.4 Å². The minimum Gasteiger partial charge on any atom is -0.352 e. The Morgan fingerprint density at radius 2 is 1.78 bits per heavy atom. The number of hydrogen-bond acceptors (Lipinski definition) is 7. The van der Waals surface area contributed by atoms with Crippen LogP contribution in [0.15, 0.2) is 24.5 Å². The van der Waals surface area contributed by atoms with Gasteiger partial charge in [-0.2, -0.15) is 0 Å². The molecular formula is C33H43Cl2N9O2. The molecular weight excluding hydrogens is 625 g/mol. The molecule has 0 saturated heterocycles. The smallest absolute Gasteiger partial charge is 0.255 e. The number of halogens is 2. The number of aryl methyl sites for hydroxylation is 2. The molecule has 1 saturated carbocycles. The summed E-state index contributed by atoms with van der Waals surface area (Å²) in [7, 11) is 5.67. The van der Waals surface area contributed by atoms with E-state index in [2.05, 4.69) is 27.8 Å². The summed E-state index contributed by atoms with van der Waals surface area (Å²) >= 11 is 13.5. The van der Waals surface area contributed by atoms with E-state index in [-0.39, 0.29) is 24.4 Å². The van der Waals surface area contributed by atoms with Crippen molar-refractivity contribution in [2.24, 2.45) is 25.4 Å². The maximum absolute atomic E-state index is 13.8. The van der Waals surface area contributed by atoms with Gasteiger partial charge in [0, 0.05) is 50.6 Å². The predicted molar refractivity (Wildman–Crippen MR) is 181 cm³/mol. The molecule has 0 radical (unpaired) electrons. The molecule has 2 amide bonds. The summed E-state index contributed by atoms with van der Waals surface area (Å²) < 4.78 is 3.75. The van der Waals surface area contributed by atoms with Crippen molar-refractivity contribution in [2.45, 2.75) is 78.9 Å². The largest absolute Gasteiger partial charge is 0.352 e. The second-order valence-corrected chi connectivity index (χ2v) is 14.3.